The topological polar surface area (TPSA) is 24.1 Å². The highest BCUT2D eigenvalue weighted by Gasteiger charge is 2.20. The molecule has 0 aromatic rings. The van der Waals surface area contributed by atoms with Gasteiger partial charge in [-0.25, -0.2) is 0 Å². The van der Waals surface area contributed by atoms with Gasteiger partial charge in [0.05, 0.1) is 0 Å². The molecule has 0 aromatic heterocycles. The molecule has 0 bridgehead atoms. The minimum Gasteiger partial charge on any atom is -0.304 e. The highest BCUT2D eigenvalue weighted by atomic mass is 15.1. The summed E-state index contributed by atoms with van der Waals surface area (Å²) in [7, 11) is 0. The summed E-state index contributed by atoms with van der Waals surface area (Å²) in [5.41, 5.74) is 0. The second-order valence-electron chi connectivity index (χ2n) is 3.80. The zero-order valence-corrected chi connectivity index (χ0v) is 8.40. The Kier molecular flexibility index (Phi) is 4.62. The molecule has 2 N–H and O–H groups in total. The van der Waals surface area contributed by atoms with Crippen LogP contribution in [0.3, 0.4) is 0 Å². The lowest BCUT2D eigenvalue weighted by Crippen LogP contribution is -2.46. The van der Waals surface area contributed by atoms with Gasteiger partial charge in [0.2, 0.25) is 0 Å². The van der Waals surface area contributed by atoms with Crippen LogP contribution in [0.15, 0.2) is 0 Å². The number of hydrogen-bond donors (Lipinski definition) is 2. The molecular weight excluding hydrogens is 148 g/mol. The molecule has 1 unspecified atom stereocenters. The van der Waals surface area contributed by atoms with Crippen molar-refractivity contribution in [3.05, 3.63) is 0 Å². The van der Waals surface area contributed by atoms with Crippen LogP contribution in [0.1, 0.15) is 33.1 Å². The molecule has 0 aliphatic carbocycles. The van der Waals surface area contributed by atoms with Gasteiger partial charge in [0, 0.05) is 19.8 Å². The zero-order valence-electron chi connectivity index (χ0n) is 8.40. The fourth-order valence-electron chi connectivity index (χ4n) is 2.15. The minimum absolute atomic E-state index is 0.865. The van der Waals surface area contributed by atoms with E-state index in [4.69, 9.17) is 0 Å². The van der Waals surface area contributed by atoms with Gasteiger partial charge < -0.3 is 10.6 Å². The molecule has 0 spiro atoms. The molecule has 1 heterocycles. The Morgan fingerprint density at radius 2 is 1.92 bits per heavy atom. The Morgan fingerprint density at radius 1 is 1.25 bits per heavy atom. The summed E-state index contributed by atoms with van der Waals surface area (Å²) in [6, 6.07) is 0. The number of nitrogens with one attached hydrogen (secondary N) is 2. The van der Waals surface area contributed by atoms with Crippen molar-refractivity contribution in [1.82, 2.24) is 10.6 Å². The van der Waals surface area contributed by atoms with E-state index in [-0.39, 0.29) is 0 Å². The summed E-state index contributed by atoms with van der Waals surface area (Å²) in [4.78, 5) is 0. The fraction of sp³-hybridized carbons (Fsp3) is 1.00. The van der Waals surface area contributed by atoms with E-state index in [0.29, 0.717) is 0 Å². The summed E-state index contributed by atoms with van der Waals surface area (Å²) in [5.74, 6) is 1.79. The van der Waals surface area contributed by atoms with E-state index in [1.165, 1.54) is 32.4 Å². The third kappa shape index (κ3) is 2.76. The Morgan fingerprint density at radius 3 is 2.42 bits per heavy atom. The van der Waals surface area contributed by atoms with Crippen LogP contribution < -0.4 is 10.6 Å². The van der Waals surface area contributed by atoms with Crippen molar-refractivity contribution in [2.24, 2.45) is 11.8 Å². The largest absolute Gasteiger partial charge is 0.304 e. The number of rotatable bonds is 4. The van der Waals surface area contributed by atoms with E-state index in [0.717, 1.165) is 18.5 Å². The van der Waals surface area contributed by atoms with E-state index < -0.39 is 0 Å². The van der Waals surface area contributed by atoms with Crippen molar-refractivity contribution in [3.63, 3.8) is 0 Å². The van der Waals surface area contributed by atoms with Gasteiger partial charge in [0.1, 0.15) is 0 Å². The first-order chi connectivity index (χ1) is 5.88. The molecule has 1 aliphatic rings. The molecule has 0 aromatic carbocycles. The fourth-order valence-corrected chi connectivity index (χ4v) is 2.15. The van der Waals surface area contributed by atoms with Crippen LogP contribution in [0, 0.1) is 11.8 Å². The highest BCUT2D eigenvalue weighted by Crippen LogP contribution is 2.21. The van der Waals surface area contributed by atoms with Gasteiger partial charge in [0.15, 0.2) is 0 Å². The van der Waals surface area contributed by atoms with Crippen molar-refractivity contribution in [1.29, 1.82) is 0 Å². The van der Waals surface area contributed by atoms with Gasteiger partial charge in [-0.1, -0.05) is 33.1 Å². The lowest BCUT2D eigenvalue weighted by atomic mass is 9.85. The van der Waals surface area contributed by atoms with Crippen LogP contribution in [0.5, 0.6) is 0 Å². The van der Waals surface area contributed by atoms with Gasteiger partial charge in [-0.15, -0.1) is 0 Å². The third-order valence-electron chi connectivity index (χ3n) is 2.91. The van der Waals surface area contributed by atoms with E-state index in [2.05, 4.69) is 24.5 Å². The second-order valence-corrected chi connectivity index (χ2v) is 3.80. The predicted octanol–water partition coefficient (Wildman–Crippen LogP) is 1.58. The maximum Gasteiger partial charge on any atom is 0.0454 e. The average Bonchev–Trinajstić information content (AvgIpc) is 2.15. The molecule has 0 amide bonds. The van der Waals surface area contributed by atoms with E-state index in [1.54, 1.807) is 0 Å². The SMILES string of the molecule is CCCC(CC)C1CNCNC1. The first kappa shape index (κ1) is 10.0. The second kappa shape index (κ2) is 5.55. The predicted molar refractivity (Wildman–Crippen MR) is 53.1 cm³/mol. The van der Waals surface area contributed by atoms with Gasteiger partial charge >= 0.3 is 0 Å². The summed E-state index contributed by atoms with van der Waals surface area (Å²) >= 11 is 0. The van der Waals surface area contributed by atoms with E-state index in [1.807, 2.05) is 0 Å². The van der Waals surface area contributed by atoms with Crippen molar-refractivity contribution < 1.29 is 0 Å². The summed E-state index contributed by atoms with van der Waals surface area (Å²) in [5, 5.41) is 6.79. The zero-order chi connectivity index (χ0) is 8.81. The molecule has 2 heteroatoms. The Balaban J connectivity index is 2.29. The highest BCUT2D eigenvalue weighted by molar-refractivity contribution is 4.76. The van der Waals surface area contributed by atoms with Crippen LogP contribution in [0.25, 0.3) is 0 Å². The first-order valence-electron chi connectivity index (χ1n) is 5.29. The lowest BCUT2D eigenvalue weighted by Gasteiger charge is -2.30. The van der Waals surface area contributed by atoms with Gasteiger partial charge in [-0.2, -0.15) is 0 Å². The molecular formula is C10H22N2. The van der Waals surface area contributed by atoms with Crippen LogP contribution in [0.4, 0.5) is 0 Å². The monoisotopic (exact) mass is 170 g/mol. The standard InChI is InChI=1S/C10H22N2/c1-3-5-9(4-2)10-6-11-8-12-7-10/h9-12H,3-8H2,1-2H3. The molecule has 0 radical (unpaired) electrons. The van der Waals surface area contributed by atoms with Crippen LogP contribution in [0.2, 0.25) is 0 Å². The van der Waals surface area contributed by atoms with E-state index in [9.17, 15) is 0 Å². The normalized spacial score (nSPS) is 22.5. The average molecular weight is 170 g/mol. The van der Waals surface area contributed by atoms with Crippen molar-refractivity contribution >= 4 is 0 Å². The lowest BCUT2D eigenvalue weighted by molar-refractivity contribution is 0.247. The molecule has 12 heavy (non-hydrogen) atoms. The Labute approximate surface area is 76.1 Å². The quantitative estimate of drug-likeness (QED) is 0.669. The molecule has 1 saturated heterocycles. The van der Waals surface area contributed by atoms with Gasteiger partial charge in [-0.3, -0.25) is 0 Å². The van der Waals surface area contributed by atoms with Crippen LogP contribution in [-0.2, 0) is 0 Å². The molecule has 72 valence electrons. The van der Waals surface area contributed by atoms with Crippen LogP contribution >= 0.6 is 0 Å². The molecule has 1 rings (SSSR count). The van der Waals surface area contributed by atoms with Crippen molar-refractivity contribution in [2.75, 3.05) is 19.8 Å². The summed E-state index contributed by atoms with van der Waals surface area (Å²) in [6.45, 7) is 8.03. The number of hydrogen-bond acceptors (Lipinski definition) is 2. The summed E-state index contributed by atoms with van der Waals surface area (Å²) in [6.07, 6.45) is 4.06. The van der Waals surface area contributed by atoms with Crippen molar-refractivity contribution in [3.8, 4) is 0 Å². The van der Waals surface area contributed by atoms with E-state index >= 15 is 0 Å². The molecule has 0 saturated carbocycles. The minimum atomic E-state index is 0.865. The Bertz CT molecular complexity index is 106. The maximum absolute atomic E-state index is 3.40. The smallest absolute Gasteiger partial charge is 0.0454 e. The summed E-state index contributed by atoms with van der Waals surface area (Å²) < 4.78 is 0. The molecule has 1 fully saturated rings. The molecule has 1 aliphatic heterocycles. The first-order valence-corrected chi connectivity index (χ1v) is 5.29. The molecule has 2 nitrogen and oxygen atoms in total. The van der Waals surface area contributed by atoms with Gasteiger partial charge in [0.25, 0.3) is 0 Å². The third-order valence-corrected chi connectivity index (χ3v) is 2.91. The van der Waals surface area contributed by atoms with Crippen LogP contribution in [-0.4, -0.2) is 19.8 Å². The molecule has 1 atom stereocenters. The van der Waals surface area contributed by atoms with Gasteiger partial charge in [-0.05, 0) is 11.8 Å². The Hall–Kier alpha value is -0.0800. The maximum atomic E-state index is 3.40. The van der Waals surface area contributed by atoms with Crippen molar-refractivity contribution in [2.45, 2.75) is 33.1 Å².